The van der Waals surface area contributed by atoms with Gasteiger partial charge in [0.15, 0.2) is 5.76 Å². The van der Waals surface area contributed by atoms with Crippen LogP contribution < -0.4 is 5.32 Å². The largest absolute Gasteiger partial charge is 0.356 e. The first-order valence-corrected chi connectivity index (χ1v) is 9.97. The average molecular weight is 390 g/mol. The van der Waals surface area contributed by atoms with Crippen molar-refractivity contribution in [3.05, 3.63) is 41.0 Å². The molecule has 0 spiro atoms. The standard InChI is InChI=1S/C21H28ClN3O2/c1-13(2)9-19-21(26)23-18(14(3)4)12-25(19)11-17-10-20(27-24-17)15-5-7-16(22)8-6-15/h5-8,10,13-14,18-19H,9,11-12H2,1-4H3,(H,23,26)/t18-,19+/m1/s1. The third-order valence-electron chi connectivity index (χ3n) is 5.05. The van der Waals surface area contributed by atoms with Crippen LogP contribution in [-0.2, 0) is 11.3 Å². The summed E-state index contributed by atoms with van der Waals surface area (Å²) in [5, 5.41) is 8.11. The van der Waals surface area contributed by atoms with Crippen molar-refractivity contribution >= 4 is 17.5 Å². The molecule has 1 amide bonds. The van der Waals surface area contributed by atoms with Gasteiger partial charge in [-0.25, -0.2) is 0 Å². The quantitative estimate of drug-likeness (QED) is 0.797. The van der Waals surface area contributed by atoms with Gasteiger partial charge in [0.1, 0.15) is 0 Å². The molecule has 0 saturated carbocycles. The summed E-state index contributed by atoms with van der Waals surface area (Å²) in [5.41, 5.74) is 1.78. The second-order valence-corrected chi connectivity index (χ2v) is 8.56. The van der Waals surface area contributed by atoms with E-state index in [4.69, 9.17) is 16.1 Å². The fourth-order valence-corrected chi connectivity index (χ4v) is 3.60. The Bertz CT molecular complexity index is 770. The monoisotopic (exact) mass is 389 g/mol. The Balaban J connectivity index is 1.78. The van der Waals surface area contributed by atoms with Crippen LogP contribution in [0.15, 0.2) is 34.9 Å². The SMILES string of the molecule is CC(C)C[C@H]1C(=O)N[C@@H](C(C)C)CN1Cc1cc(-c2ccc(Cl)cc2)on1. The molecular formula is C21H28ClN3O2. The zero-order chi connectivity index (χ0) is 19.6. The predicted molar refractivity (Wildman–Crippen MR) is 107 cm³/mol. The number of rotatable bonds is 6. The second-order valence-electron chi connectivity index (χ2n) is 8.12. The Morgan fingerprint density at radius 1 is 1.26 bits per heavy atom. The van der Waals surface area contributed by atoms with E-state index in [9.17, 15) is 4.79 Å². The molecule has 1 fully saturated rings. The van der Waals surface area contributed by atoms with Crippen LogP contribution in [0.5, 0.6) is 0 Å². The highest BCUT2D eigenvalue weighted by molar-refractivity contribution is 6.30. The van der Waals surface area contributed by atoms with Gasteiger partial charge in [-0.2, -0.15) is 0 Å². The first kappa shape index (κ1) is 19.9. The van der Waals surface area contributed by atoms with Gasteiger partial charge >= 0.3 is 0 Å². The van der Waals surface area contributed by atoms with Crippen molar-refractivity contribution in [2.75, 3.05) is 6.54 Å². The Morgan fingerprint density at radius 2 is 1.96 bits per heavy atom. The lowest BCUT2D eigenvalue weighted by atomic mass is 9.94. The number of carbonyl (C=O) groups excluding carboxylic acids is 1. The molecule has 5 nitrogen and oxygen atoms in total. The predicted octanol–water partition coefficient (Wildman–Crippen LogP) is 4.37. The van der Waals surface area contributed by atoms with E-state index in [0.717, 1.165) is 24.2 Å². The van der Waals surface area contributed by atoms with Crippen molar-refractivity contribution in [3.63, 3.8) is 0 Å². The van der Waals surface area contributed by atoms with Crippen molar-refractivity contribution in [1.82, 2.24) is 15.4 Å². The lowest BCUT2D eigenvalue weighted by Crippen LogP contribution is -2.61. The van der Waals surface area contributed by atoms with Gasteiger partial charge in [-0.05, 0) is 42.5 Å². The van der Waals surface area contributed by atoms with Gasteiger partial charge in [0.25, 0.3) is 0 Å². The second kappa shape index (κ2) is 8.44. The van der Waals surface area contributed by atoms with E-state index < -0.39 is 0 Å². The lowest BCUT2D eigenvalue weighted by Gasteiger charge is -2.41. The molecule has 0 aliphatic carbocycles. The molecule has 0 unspecified atom stereocenters. The maximum Gasteiger partial charge on any atom is 0.237 e. The number of aromatic nitrogens is 1. The Labute approximate surface area is 166 Å². The molecule has 0 radical (unpaired) electrons. The van der Waals surface area contributed by atoms with Gasteiger partial charge in [0.2, 0.25) is 5.91 Å². The fourth-order valence-electron chi connectivity index (χ4n) is 3.47. The fraction of sp³-hybridized carbons (Fsp3) is 0.524. The third kappa shape index (κ3) is 4.90. The topological polar surface area (TPSA) is 58.4 Å². The Kier molecular flexibility index (Phi) is 6.22. The van der Waals surface area contributed by atoms with Crippen LogP contribution in [0, 0.1) is 11.8 Å². The number of piperazine rings is 1. The number of hydrogen-bond donors (Lipinski definition) is 1. The van der Waals surface area contributed by atoms with E-state index in [1.54, 1.807) is 0 Å². The van der Waals surface area contributed by atoms with Crippen molar-refractivity contribution in [2.45, 2.75) is 52.7 Å². The zero-order valence-electron chi connectivity index (χ0n) is 16.4. The molecule has 1 aromatic carbocycles. The summed E-state index contributed by atoms with van der Waals surface area (Å²) in [6.07, 6.45) is 0.832. The van der Waals surface area contributed by atoms with Gasteiger partial charge in [-0.3, -0.25) is 9.69 Å². The van der Waals surface area contributed by atoms with Crippen LogP contribution >= 0.6 is 11.6 Å². The van der Waals surface area contributed by atoms with Gasteiger partial charge in [-0.15, -0.1) is 0 Å². The number of halogens is 1. The summed E-state index contributed by atoms with van der Waals surface area (Å²) in [4.78, 5) is 14.9. The number of hydrogen-bond acceptors (Lipinski definition) is 4. The highest BCUT2D eigenvalue weighted by atomic mass is 35.5. The third-order valence-corrected chi connectivity index (χ3v) is 5.31. The van der Waals surface area contributed by atoms with Crippen LogP contribution in [0.1, 0.15) is 39.8 Å². The summed E-state index contributed by atoms with van der Waals surface area (Å²) in [6.45, 7) is 10.00. The van der Waals surface area contributed by atoms with Crippen LogP contribution in [0.3, 0.4) is 0 Å². The van der Waals surface area contributed by atoms with E-state index in [2.05, 4.69) is 43.1 Å². The van der Waals surface area contributed by atoms with Crippen LogP contribution in [-0.4, -0.2) is 34.6 Å². The number of nitrogens with zero attached hydrogens (tertiary/aromatic N) is 2. The highest BCUT2D eigenvalue weighted by Gasteiger charge is 2.36. The van der Waals surface area contributed by atoms with Gasteiger partial charge in [0.05, 0.1) is 11.7 Å². The van der Waals surface area contributed by atoms with E-state index in [1.165, 1.54) is 0 Å². The summed E-state index contributed by atoms with van der Waals surface area (Å²) >= 11 is 5.95. The molecule has 1 aliphatic rings. The molecule has 1 aromatic heterocycles. The van der Waals surface area contributed by atoms with Crippen LogP contribution in [0.4, 0.5) is 0 Å². The van der Waals surface area contributed by atoms with Crippen molar-refractivity contribution in [2.24, 2.45) is 11.8 Å². The maximum atomic E-state index is 12.7. The number of nitrogens with one attached hydrogen (secondary N) is 1. The first-order valence-electron chi connectivity index (χ1n) is 9.59. The Morgan fingerprint density at radius 3 is 2.59 bits per heavy atom. The summed E-state index contributed by atoms with van der Waals surface area (Å²) in [7, 11) is 0. The van der Waals surface area contributed by atoms with Crippen LogP contribution in [0.25, 0.3) is 11.3 Å². The molecule has 27 heavy (non-hydrogen) atoms. The molecule has 0 bridgehead atoms. The van der Waals surface area contributed by atoms with Crippen molar-refractivity contribution in [3.8, 4) is 11.3 Å². The minimum Gasteiger partial charge on any atom is -0.356 e. The molecule has 146 valence electrons. The molecular weight excluding hydrogens is 362 g/mol. The minimum atomic E-state index is -0.129. The molecule has 2 aromatic rings. The Hall–Kier alpha value is -1.85. The minimum absolute atomic E-state index is 0.120. The lowest BCUT2D eigenvalue weighted by molar-refractivity contribution is -0.132. The molecule has 6 heteroatoms. The van der Waals surface area contributed by atoms with Crippen molar-refractivity contribution < 1.29 is 9.32 Å². The van der Waals surface area contributed by atoms with E-state index >= 15 is 0 Å². The van der Waals surface area contributed by atoms with Crippen LogP contribution in [0.2, 0.25) is 5.02 Å². The molecule has 1 saturated heterocycles. The first-order chi connectivity index (χ1) is 12.8. The van der Waals surface area contributed by atoms with E-state index in [-0.39, 0.29) is 18.0 Å². The number of benzene rings is 1. The molecule has 1 N–H and O–H groups in total. The van der Waals surface area contributed by atoms with E-state index in [1.807, 2.05) is 30.3 Å². The molecule has 3 rings (SSSR count). The van der Waals surface area contributed by atoms with Gasteiger partial charge in [0, 0.05) is 35.8 Å². The maximum absolute atomic E-state index is 12.7. The van der Waals surface area contributed by atoms with Gasteiger partial charge < -0.3 is 9.84 Å². The zero-order valence-corrected chi connectivity index (χ0v) is 17.2. The van der Waals surface area contributed by atoms with Gasteiger partial charge in [-0.1, -0.05) is 44.5 Å². The number of carbonyl (C=O) groups is 1. The molecule has 2 heterocycles. The summed E-state index contributed by atoms with van der Waals surface area (Å²) in [5.74, 6) is 1.66. The summed E-state index contributed by atoms with van der Waals surface area (Å²) in [6, 6.07) is 9.47. The molecule has 2 atom stereocenters. The van der Waals surface area contributed by atoms with Crippen molar-refractivity contribution in [1.29, 1.82) is 0 Å². The van der Waals surface area contributed by atoms with E-state index in [0.29, 0.717) is 29.2 Å². The number of amides is 1. The molecule has 1 aliphatic heterocycles. The normalized spacial score (nSPS) is 21.1. The highest BCUT2D eigenvalue weighted by Crippen LogP contribution is 2.25. The summed E-state index contributed by atoms with van der Waals surface area (Å²) < 4.78 is 5.53. The average Bonchev–Trinajstić information content (AvgIpc) is 3.06. The smallest absolute Gasteiger partial charge is 0.237 e.